The van der Waals surface area contributed by atoms with Crippen molar-refractivity contribution in [1.29, 1.82) is 0 Å². The van der Waals surface area contributed by atoms with E-state index in [0.717, 1.165) is 38.5 Å². The highest BCUT2D eigenvalue weighted by molar-refractivity contribution is 5.79. The van der Waals surface area contributed by atoms with Crippen LogP contribution in [0.4, 0.5) is 0 Å². The summed E-state index contributed by atoms with van der Waals surface area (Å²) in [6.07, 6.45) is 6.85. The van der Waals surface area contributed by atoms with Gasteiger partial charge in [-0.2, -0.15) is 0 Å². The largest absolute Gasteiger partial charge is 0.480 e. The second kappa shape index (κ2) is 5.50. The fourth-order valence-corrected chi connectivity index (χ4v) is 2.46. The highest BCUT2D eigenvalue weighted by Crippen LogP contribution is 2.29. The number of hydrogen-bond donors (Lipinski definition) is 2. The molecule has 1 rings (SSSR count). The van der Waals surface area contributed by atoms with Crippen molar-refractivity contribution in [3.8, 4) is 0 Å². The lowest BCUT2D eigenvalue weighted by molar-refractivity contribution is -0.147. The van der Waals surface area contributed by atoms with Gasteiger partial charge in [0.2, 0.25) is 0 Å². The molecule has 0 amide bonds. The van der Waals surface area contributed by atoms with Gasteiger partial charge in [0.05, 0.1) is 0 Å². The minimum Gasteiger partial charge on any atom is -0.480 e. The maximum atomic E-state index is 11.4. The zero-order chi connectivity index (χ0) is 11.3. The number of nitrogens with one attached hydrogen (secondary N) is 1. The van der Waals surface area contributed by atoms with Gasteiger partial charge in [-0.05, 0) is 25.7 Å². The molecule has 1 fully saturated rings. The zero-order valence-corrected chi connectivity index (χ0v) is 9.88. The minimum atomic E-state index is -0.658. The van der Waals surface area contributed by atoms with Gasteiger partial charge in [0.25, 0.3) is 0 Å². The van der Waals surface area contributed by atoms with Crippen LogP contribution in [-0.2, 0) is 4.79 Å². The number of rotatable bonds is 5. The molecule has 0 unspecified atom stereocenters. The van der Waals surface area contributed by atoms with Crippen LogP contribution in [0.2, 0.25) is 0 Å². The second-order valence-corrected chi connectivity index (χ2v) is 4.61. The third kappa shape index (κ3) is 2.94. The van der Waals surface area contributed by atoms with Crippen LogP contribution in [0.3, 0.4) is 0 Å². The predicted octanol–water partition coefficient (Wildman–Crippen LogP) is 2.55. The summed E-state index contributed by atoms with van der Waals surface area (Å²) in [4.78, 5) is 11.4. The van der Waals surface area contributed by atoms with Crippen molar-refractivity contribution in [3.63, 3.8) is 0 Å². The van der Waals surface area contributed by atoms with Gasteiger partial charge in [-0.15, -0.1) is 0 Å². The topological polar surface area (TPSA) is 49.3 Å². The van der Waals surface area contributed by atoms with Crippen molar-refractivity contribution < 1.29 is 9.90 Å². The van der Waals surface area contributed by atoms with Crippen molar-refractivity contribution in [2.45, 2.75) is 70.4 Å². The average molecular weight is 213 g/mol. The van der Waals surface area contributed by atoms with Crippen LogP contribution in [0.1, 0.15) is 58.8 Å². The molecule has 1 aliphatic rings. The predicted molar refractivity (Wildman–Crippen MR) is 61.0 cm³/mol. The standard InChI is InChI=1S/C12H23NO2/c1-3-10(4-2)13-12(11(14)15)8-6-5-7-9-12/h10,13H,3-9H2,1-2H3,(H,14,15). The number of carboxylic acids is 1. The highest BCUT2D eigenvalue weighted by Gasteiger charge is 2.40. The summed E-state index contributed by atoms with van der Waals surface area (Å²) < 4.78 is 0. The summed E-state index contributed by atoms with van der Waals surface area (Å²) in [5.74, 6) is -0.658. The van der Waals surface area contributed by atoms with Crippen LogP contribution in [0.25, 0.3) is 0 Å². The second-order valence-electron chi connectivity index (χ2n) is 4.61. The van der Waals surface area contributed by atoms with Gasteiger partial charge in [0.15, 0.2) is 0 Å². The lowest BCUT2D eigenvalue weighted by Crippen LogP contribution is -2.56. The van der Waals surface area contributed by atoms with Crippen LogP contribution >= 0.6 is 0 Å². The van der Waals surface area contributed by atoms with Crippen LogP contribution in [0.15, 0.2) is 0 Å². The summed E-state index contributed by atoms with van der Waals surface area (Å²) >= 11 is 0. The van der Waals surface area contributed by atoms with Crippen LogP contribution in [0.5, 0.6) is 0 Å². The zero-order valence-electron chi connectivity index (χ0n) is 9.88. The third-order valence-corrected chi connectivity index (χ3v) is 3.58. The first-order valence-electron chi connectivity index (χ1n) is 6.15. The third-order valence-electron chi connectivity index (χ3n) is 3.58. The fraction of sp³-hybridized carbons (Fsp3) is 0.917. The molecule has 0 radical (unpaired) electrons. The molecule has 88 valence electrons. The normalized spacial score (nSPS) is 20.5. The molecule has 0 aromatic rings. The van der Waals surface area contributed by atoms with Crippen molar-refractivity contribution >= 4 is 5.97 Å². The minimum absolute atomic E-state index is 0.346. The lowest BCUT2D eigenvalue weighted by Gasteiger charge is -2.37. The average Bonchev–Trinajstić information content (AvgIpc) is 2.27. The van der Waals surface area contributed by atoms with Crippen LogP contribution < -0.4 is 5.32 Å². The number of hydrogen-bond acceptors (Lipinski definition) is 2. The maximum absolute atomic E-state index is 11.4. The molecule has 0 aromatic heterocycles. The van der Waals surface area contributed by atoms with E-state index in [2.05, 4.69) is 19.2 Å². The van der Waals surface area contributed by atoms with Gasteiger partial charge in [0.1, 0.15) is 5.54 Å². The molecule has 0 heterocycles. The number of carboxylic acid groups (broad SMARTS) is 1. The van der Waals surface area contributed by atoms with E-state index in [-0.39, 0.29) is 0 Å². The summed E-state index contributed by atoms with van der Waals surface area (Å²) in [5.41, 5.74) is -0.630. The van der Waals surface area contributed by atoms with Crippen molar-refractivity contribution in [3.05, 3.63) is 0 Å². The Labute approximate surface area is 92.3 Å². The van der Waals surface area contributed by atoms with Gasteiger partial charge < -0.3 is 5.11 Å². The van der Waals surface area contributed by atoms with E-state index in [9.17, 15) is 9.90 Å². The Morgan fingerprint density at radius 3 is 2.20 bits per heavy atom. The van der Waals surface area contributed by atoms with Crippen LogP contribution in [0, 0.1) is 0 Å². The summed E-state index contributed by atoms with van der Waals surface area (Å²) in [6.45, 7) is 4.22. The Morgan fingerprint density at radius 2 is 1.80 bits per heavy atom. The summed E-state index contributed by atoms with van der Waals surface area (Å²) in [5, 5.41) is 12.7. The molecule has 0 saturated heterocycles. The first-order valence-corrected chi connectivity index (χ1v) is 6.15. The molecule has 0 aromatic carbocycles. The molecule has 2 N–H and O–H groups in total. The van der Waals surface area contributed by atoms with Crippen molar-refractivity contribution in [2.75, 3.05) is 0 Å². The molecule has 1 saturated carbocycles. The Balaban J connectivity index is 2.67. The molecular weight excluding hydrogens is 190 g/mol. The number of carbonyl (C=O) groups is 1. The lowest BCUT2D eigenvalue weighted by atomic mass is 9.81. The molecule has 0 atom stereocenters. The summed E-state index contributed by atoms with van der Waals surface area (Å²) in [7, 11) is 0. The first-order chi connectivity index (χ1) is 7.14. The van der Waals surface area contributed by atoms with E-state index >= 15 is 0 Å². The van der Waals surface area contributed by atoms with E-state index in [4.69, 9.17) is 0 Å². The maximum Gasteiger partial charge on any atom is 0.323 e. The molecule has 3 nitrogen and oxygen atoms in total. The molecule has 0 spiro atoms. The Kier molecular flexibility index (Phi) is 4.58. The van der Waals surface area contributed by atoms with E-state index in [1.165, 1.54) is 6.42 Å². The monoisotopic (exact) mass is 213 g/mol. The summed E-state index contributed by atoms with van der Waals surface area (Å²) in [6, 6.07) is 0.346. The molecule has 3 heteroatoms. The SMILES string of the molecule is CCC(CC)NC1(C(=O)O)CCCCC1. The van der Waals surface area contributed by atoms with Crippen LogP contribution in [-0.4, -0.2) is 22.7 Å². The molecule has 0 aliphatic heterocycles. The van der Waals surface area contributed by atoms with Gasteiger partial charge in [0, 0.05) is 6.04 Å². The molecule has 15 heavy (non-hydrogen) atoms. The van der Waals surface area contributed by atoms with Crippen molar-refractivity contribution in [1.82, 2.24) is 5.32 Å². The van der Waals surface area contributed by atoms with E-state index < -0.39 is 11.5 Å². The molecule has 1 aliphatic carbocycles. The first kappa shape index (κ1) is 12.5. The van der Waals surface area contributed by atoms with Gasteiger partial charge >= 0.3 is 5.97 Å². The molecular formula is C12H23NO2. The van der Waals surface area contributed by atoms with Gasteiger partial charge in [-0.1, -0.05) is 33.1 Å². The Morgan fingerprint density at radius 1 is 1.27 bits per heavy atom. The highest BCUT2D eigenvalue weighted by atomic mass is 16.4. The van der Waals surface area contributed by atoms with Gasteiger partial charge in [-0.25, -0.2) is 0 Å². The van der Waals surface area contributed by atoms with E-state index in [1.807, 2.05) is 0 Å². The smallest absolute Gasteiger partial charge is 0.323 e. The number of aliphatic carboxylic acids is 1. The fourth-order valence-electron chi connectivity index (χ4n) is 2.46. The molecule has 0 bridgehead atoms. The van der Waals surface area contributed by atoms with Crippen molar-refractivity contribution in [2.24, 2.45) is 0 Å². The Bertz CT molecular complexity index is 206. The Hall–Kier alpha value is -0.570. The van der Waals surface area contributed by atoms with Gasteiger partial charge in [-0.3, -0.25) is 10.1 Å². The van der Waals surface area contributed by atoms with E-state index in [1.54, 1.807) is 0 Å². The quantitative estimate of drug-likeness (QED) is 0.738. The van der Waals surface area contributed by atoms with E-state index in [0.29, 0.717) is 6.04 Å².